The molecule has 1 aliphatic rings. The normalized spacial score (nSPS) is 20.4. The van der Waals surface area contributed by atoms with Gasteiger partial charge in [0.25, 0.3) is 0 Å². The fourth-order valence-electron chi connectivity index (χ4n) is 2.16. The van der Waals surface area contributed by atoms with Crippen molar-refractivity contribution in [3.63, 3.8) is 0 Å². The maximum atomic E-state index is 11.8. The second-order valence-corrected chi connectivity index (χ2v) is 4.31. The fraction of sp³-hybridized carbons (Fsp3) is 0.364. The van der Waals surface area contributed by atoms with Crippen LogP contribution in [-0.2, 0) is 4.79 Å². The smallest absolute Gasteiger partial charge is 0.227 e. The van der Waals surface area contributed by atoms with E-state index in [1.807, 2.05) is 6.07 Å². The van der Waals surface area contributed by atoms with Gasteiger partial charge in [-0.1, -0.05) is 0 Å². The lowest BCUT2D eigenvalue weighted by Crippen LogP contribution is -2.25. The third kappa shape index (κ3) is 1.66. The fourth-order valence-corrected chi connectivity index (χ4v) is 2.16. The molecule has 0 aliphatic carbocycles. The Bertz CT molecular complexity index is 564. The maximum Gasteiger partial charge on any atom is 0.227 e. The van der Waals surface area contributed by atoms with Crippen molar-refractivity contribution in [3.8, 4) is 0 Å². The third-order valence-electron chi connectivity index (χ3n) is 3.13. The van der Waals surface area contributed by atoms with Crippen LogP contribution in [-0.4, -0.2) is 34.2 Å². The summed E-state index contributed by atoms with van der Waals surface area (Å²) in [6.45, 7) is 1.23. The molecule has 1 atom stereocenters. The molecule has 6 heteroatoms. The molecule has 0 radical (unpaired) electrons. The van der Waals surface area contributed by atoms with Crippen LogP contribution in [0.3, 0.4) is 0 Å². The Morgan fingerprint density at radius 2 is 2.41 bits per heavy atom. The van der Waals surface area contributed by atoms with E-state index in [0.29, 0.717) is 19.5 Å². The van der Waals surface area contributed by atoms with Crippen LogP contribution in [0.15, 0.2) is 18.5 Å². The molecule has 0 spiro atoms. The number of aromatic amines is 1. The predicted octanol–water partition coefficient (Wildman–Crippen LogP) is 0.269. The van der Waals surface area contributed by atoms with Crippen LogP contribution in [0.4, 0.5) is 5.69 Å². The molecule has 6 nitrogen and oxygen atoms in total. The SMILES string of the molecule is NCC1CC(=O)N(c2cnc3[nH]ncc3c2)C1. The number of carbonyl (C=O) groups excluding carboxylic acids is 1. The zero-order chi connectivity index (χ0) is 11.8. The number of aromatic nitrogens is 3. The molecule has 1 aliphatic heterocycles. The lowest BCUT2D eigenvalue weighted by atomic mass is 10.1. The molecule has 17 heavy (non-hydrogen) atoms. The van der Waals surface area contributed by atoms with Gasteiger partial charge in [0.05, 0.1) is 18.1 Å². The zero-order valence-electron chi connectivity index (χ0n) is 9.26. The maximum absolute atomic E-state index is 11.8. The van der Waals surface area contributed by atoms with E-state index in [1.165, 1.54) is 0 Å². The average Bonchev–Trinajstić information content (AvgIpc) is 2.93. The number of nitrogens with one attached hydrogen (secondary N) is 1. The Morgan fingerprint density at radius 3 is 3.18 bits per heavy atom. The van der Waals surface area contributed by atoms with Crippen molar-refractivity contribution in [2.75, 3.05) is 18.0 Å². The van der Waals surface area contributed by atoms with Crippen LogP contribution in [0, 0.1) is 5.92 Å². The molecule has 3 heterocycles. The molecular weight excluding hydrogens is 218 g/mol. The van der Waals surface area contributed by atoms with Crippen molar-refractivity contribution in [3.05, 3.63) is 18.5 Å². The number of anilines is 1. The summed E-state index contributed by atoms with van der Waals surface area (Å²) in [5, 5.41) is 7.60. The van der Waals surface area contributed by atoms with Gasteiger partial charge in [-0.2, -0.15) is 5.10 Å². The Balaban J connectivity index is 1.95. The van der Waals surface area contributed by atoms with Crippen LogP contribution in [0.2, 0.25) is 0 Å². The Kier molecular flexibility index (Phi) is 2.29. The molecule has 0 saturated carbocycles. The molecule has 3 rings (SSSR count). The summed E-state index contributed by atoms with van der Waals surface area (Å²) in [4.78, 5) is 17.8. The topological polar surface area (TPSA) is 87.9 Å². The summed E-state index contributed by atoms with van der Waals surface area (Å²) in [6, 6.07) is 1.92. The summed E-state index contributed by atoms with van der Waals surface area (Å²) >= 11 is 0. The Labute approximate surface area is 97.8 Å². The molecule has 1 unspecified atom stereocenters. The van der Waals surface area contributed by atoms with E-state index in [-0.39, 0.29) is 11.8 Å². The number of carbonyl (C=O) groups is 1. The molecule has 1 amide bonds. The van der Waals surface area contributed by atoms with Crippen LogP contribution >= 0.6 is 0 Å². The summed E-state index contributed by atoms with van der Waals surface area (Å²) in [6.07, 6.45) is 3.92. The largest absolute Gasteiger partial charge is 0.330 e. The lowest BCUT2D eigenvalue weighted by molar-refractivity contribution is -0.117. The van der Waals surface area contributed by atoms with Gasteiger partial charge in [0, 0.05) is 18.4 Å². The minimum atomic E-state index is 0.116. The highest BCUT2D eigenvalue weighted by atomic mass is 16.2. The van der Waals surface area contributed by atoms with Gasteiger partial charge in [0.15, 0.2) is 5.65 Å². The molecule has 3 N–H and O–H groups in total. The Hall–Kier alpha value is -1.95. The first kappa shape index (κ1) is 10.2. The van der Waals surface area contributed by atoms with Crippen molar-refractivity contribution in [2.24, 2.45) is 11.7 Å². The molecule has 0 bridgehead atoms. The number of hydrogen-bond acceptors (Lipinski definition) is 4. The molecule has 1 saturated heterocycles. The minimum Gasteiger partial charge on any atom is -0.330 e. The summed E-state index contributed by atoms with van der Waals surface area (Å²) in [7, 11) is 0. The number of amides is 1. The van der Waals surface area contributed by atoms with E-state index in [4.69, 9.17) is 5.73 Å². The van der Waals surface area contributed by atoms with Gasteiger partial charge in [0.2, 0.25) is 5.91 Å². The van der Waals surface area contributed by atoms with Crippen molar-refractivity contribution in [2.45, 2.75) is 6.42 Å². The van der Waals surface area contributed by atoms with Crippen LogP contribution in [0.25, 0.3) is 11.0 Å². The standard InChI is InChI=1S/C11H13N5O/c12-3-7-1-10(17)16(6-7)9-2-8-4-14-15-11(8)13-5-9/h2,4-5,7H,1,3,6,12H2,(H,13,14,15). The highest BCUT2D eigenvalue weighted by molar-refractivity contribution is 5.97. The minimum absolute atomic E-state index is 0.116. The van der Waals surface area contributed by atoms with Gasteiger partial charge < -0.3 is 10.6 Å². The van der Waals surface area contributed by atoms with Gasteiger partial charge in [-0.3, -0.25) is 9.89 Å². The molecular formula is C11H13N5O. The number of hydrogen-bond donors (Lipinski definition) is 2. The van der Waals surface area contributed by atoms with E-state index in [2.05, 4.69) is 15.2 Å². The molecule has 88 valence electrons. The number of H-pyrrole nitrogens is 1. The van der Waals surface area contributed by atoms with E-state index in [0.717, 1.165) is 16.7 Å². The van der Waals surface area contributed by atoms with E-state index >= 15 is 0 Å². The number of rotatable bonds is 2. The molecule has 2 aromatic heterocycles. The van der Waals surface area contributed by atoms with Gasteiger partial charge in [-0.25, -0.2) is 4.98 Å². The van der Waals surface area contributed by atoms with Gasteiger partial charge in [0.1, 0.15) is 0 Å². The van der Waals surface area contributed by atoms with E-state index < -0.39 is 0 Å². The van der Waals surface area contributed by atoms with Crippen molar-refractivity contribution < 1.29 is 4.79 Å². The monoisotopic (exact) mass is 231 g/mol. The third-order valence-corrected chi connectivity index (χ3v) is 3.13. The molecule has 1 fully saturated rings. The Morgan fingerprint density at radius 1 is 1.53 bits per heavy atom. The van der Waals surface area contributed by atoms with Gasteiger partial charge in [-0.15, -0.1) is 0 Å². The van der Waals surface area contributed by atoms with Crippen LogP contribution in [0.1, 0.15) is 6.42 Å². The van der Waals surface area contributed by atoms with E-state index in [1.54, 1.807) is 17.3 Å². The first-order valence-corrected chi connectivity index (χ1v) is 5.57. The van der Waals surface area contributed by atoms with E-state index in [9.17, 15) is 4.79 Å². The van der Waals surface area contributed by atoms with Crippen molar-refractivity contribution >= 4 is 22.6 Å². The zero-order valence-corrected chi connectivity index (χ0v) is 9.26. The van der Waals surface area contributed by atoms with Crippen LogP contribution in [0.5, 0.6) is 0 Å². The predicted molar refractivity (Wildman–Crippen MR) is 63.4 cm³/mol. The highest BCUT2D eigenvalue weighted by Gasteiger charge is 2.29. The first-order chi connectivity index (χ1) is 8.28. The molecule has 2 aromatic rings. The lowest BCUT2D eigenvalue weighted by Gasteiger charge is -2.15. The number of nitrogens with zero attached hydrogens (tertiary/aromatic N) is 3. The van der Waals surface area contributed by atoms with Crippen molar-refractivity contribution in [1.82, 2.24) is 15.2 Å². The summed E-state index contributed by atoms with van der Waals surface area (Å²) in [5.41, 5.74) is 7.15. The number of fused-ring (bicyclic) bond motifs is 1. The van der Waals surface area contributed by atoms with Crippen LogP contribution < -0.4 is 10.6 Å². The second kappa shape index (κ2) is 3.81. The molecule has 0 aromatic carbocycles. The number of pyridine rings is 1. The van der Waals surface area contributed by atoms with Gasteiger partial charge >= 0.3 is 0 Å². The van der Waals surface area contributed by atoms with Crippen molar-refractivity contribution in [1.29, 1.82) is 0 Å². The summed E-state index contributed by atoms with van der Waals surface area (Å²) < 4.78 is 0. The number of nitrogens with two attached hydrogens (primary N) is 1. The average molecular weight is 231 g/mol. The second-order valence-electron chi connectivity index (χ2n) is 4.31. The highest BCUT2D eigenvalue weighted by Crippen LogP contribution is 2.25. The first-order valence-electron chi connectivity index (χ1n) is 5.57. The summed E-state index contributed by atoms with van der Waals surface area (Å²) in [5.74, 6) is 0.368. The van der Waals surface area contributed by atoms with Gasteiger partial charge in [-0.05, 0) is 18.5 Å². The quantitative estimate of drug-likeness (QED) is 0.776.